The Balaban J connectivity index is 1.58. The normalized spacial score (nSPS) is 14.7. The Labute approximate surface area is 189 Å². The first-order valence-electron chi connectivity index (χ1n) is 11.0. The molecule has 32 heavy (non-hydrogen) atoms. The number of esters is 1. The fourth-order valence-corrected chi connectivity index (χ4v) is 3.56. The van der Waals surface area contributed by atoms with Crippen molar-refractivity contribution in [2.45, 2.75) is 52.7 Å². The van der Waals surface area contributed by atoms with E-state index < -0.39 is 11.7 Å². The van der Waals surface area contributed by atoms with E-state index in [4.69, 9.17) is 9.47 Å². The Kier molecular flexibility index (Phi) is 7.66. The summed E-state index contributed by atoms with van der Waals surface area (Å²) in [5.41, 5.74) is 2.30. The van der Waals surface area contributed by atoms with Crippen LogP contribution < -0.4 is 10.2 Å². The smallest absolute Gasteiger partial charge is 0.407 e. The molecular formula is C24H32N4O4. The minimum Gasteiger partial charge on any atom is -0.466 e. The van der Waals surface area contributed by atoms with Crippen molar-refractivity contribution in [1.29, 1.82) is 0 Å². The SMILES string of the molecule is CCOC(=O)C1CCN(c2ncc(-c3cccc(CNC(=O)OC(C)(C)C)c3)cn2)CC1. The van der Waals surface area contributed by atoms with E-state index in [1.165, 1.54) is 0 Å². The van der Waals surface area contributed by atoms with Crippen LogP contribution in [-0.2, 0) is 20.8 Å². The molecule has 1 aliphatic heterocycles. The van der Waals surface area contributed by atoms with E-state index >= 15 is 0 Å². The van der Waals surface area contributed by atoms with Gasteiger partial charge in [0.2, 0.25) is 5.95 Å². The molecule has 8 nitrogen and oxygen atoms in total. The maximum atomic E-state index is 11.9. The molecule has 8 heteroatoms. The molecule has 1 aliphatic rings. The number of carbonyl (C=O) groups excluding carboxylic acids is 2. The molecular weight excluding hydrogens is 408 g/mol. The van der Waals surface area contributed by atoms with Crippen LogP contribution in [0.15, 0.2) is 36.7 Å². The Morgan fingerprint density at radius 1 is 1.12 bits per heavy atom. The number of piperidine rings is 1. The van der Waals surface area contributed by atoms with E-state index in [1.807, 2.05) is 52.0 Å². The second-order valence-corrected chi connectivity index (χ2v) is 8.84. The van der Waals surface area contributed by atoms with E-state index in [9.17, 15) is 9.59 Å². The summed E-state index contributed by atoms with van der Waals surface area (Å²) in [7, 11) is 0. The average molecular weight is 441 g/mol. The first kappa shape index (κ1) is 23.5. The highest BCUT2D eigenvalue weighted by Crippen LogP contribution is 2.24. The second kappa shape index (κ2) is 10.4. The number of hydrogen-bond donors (Lipinski definition) is 1. The van der Waals surface area contributed by atoms with E-state index in [0.29, 0.717) is 19.1 Å². The van der Waals surface area contributed by atoms with Gasteiger partial charge in [-0.05, 0) is 57.7 Å². The number of benzene rings is 1. The Hall–Kier alpha value is -3.16. The van der Waals surface area contributed by atoms with Crippen molar-refractivity contribution >= 4 is 18.0 Å². The van der Waals surface area contributed by atoms with Crippen molar-refractivity contribution < 1.29 is 19.1 Å². The summed E-state index contributed by atoms with van der Waals surface area (Å²) in [5.74, 6) is 0.519. The molecule has 0 bridgehead atoms. The number of carbonyl (C=O) groups is 2. The van der Waals surface area contributed by atoms with Gasteiger partial charge < -0.3 is 19.7 Å². The summed E-state index contributed by atoms with van der Waals surface area (Å²) in [6.07, 6.45) is 4.66. The molecule has 3 rings (SSSR count). The quantitative estimate of drug-likeness (QED) is 0.680. The van der Waals surface area contributed by atoms with E-state index in [0.717, 1.165) is 42.6 Å². The number of nitrogens with one attached hydrogen (secondary N) is 1. The summed E-state index contributed by atoms with van der Waals surface area (Å²) in [6, 6.07) is 7.88. The van der Waals surface area contributed by atoms with Crippen molar-refractivity contribution in [2.24, 2.45) is 5.92 Å². The van der Waals surface area contributed by atoms with Crippen LogP contribution in [0.1, 0.15) is 46.1 Å². The highest BCUT2D eigenvalue weighted by atomic mass is 16.6. The lowest BCUT2D eigenvalue weighted by molar-refractivity contribution is -0.148. The Morgan fingerprint density at radius 3 is 2.44 bits per heavy atom. The molecule has 1 aromatic carbocycles. The number of alkyl carbamates (subject to hydrolysis) is 1. The average Bonchev–Trinajstić information content (AvgIpc) is 2.77. The maximum Gasteiger partial charge on any atom is 0.407 e. The second-order valence-electron chi connectivity index (χ2n) is 8.84. The molecule has 1 saturated heterocycles. The summed E-state index contributed by atoms with van der Waals surface area (Å²) in [5, 5.41) is 2.77. The fourth-order valence-electron chi connectivity index (χ4n) is 3.56. The standard InChI is InChI=1S/C24H32N4O4/c1-5-31-21(29)18-9-11-28(12-10-18)22-25-15-20(16-26-22)19-8-6-7-17(13-19)14-27-23(30)32-24(2,3)4/h6-8,13,15-16,18H,5,9-12,14H2,1-4H3,(H,27,30). The van der Waals surface area contributed by atoms with Crippen molar-refractivity contribution in [3.05, 3.63) is 42.2 Å². The molecule has 0 spiro atoms. The number of ether oxygens (including phenoxy) is 2. The first-order valence-corrected chi connectivity index (χ1v) is 11.0. The molecule has 1 aromatic heterocycles. The summed E-state index contributed by atoms with van der Waals surface area (Å²) in [6.45, 7) is 9.58. The van der Waals surface area contributed by atoms with Crippen LogP contribution in [0.5, 0.6) is 0 Å². The van der Waals surface area contributed by atoms with E-state index in [-0.39, 0.29) is 11.9 Å². The Morgan fingerprint density at radius 2 is 1.81 bits per heavy atom. The summed E-state index contributed by atoms with van der Waals surface area (Å²) >= 11 is 0. The predicted molar refractivity (Wildman–Crippen MR) is 122 cm³/mol. The van der Waals surface area contributed by atoms with Gasteiger partial charge in [0.25, 0.3) is 0 Å². The number of nitrogens with zero attached hydrogens (tertiary/aromatic N) is 3. The van der Waals surface area contributed by atoms with Gasteiger partial charge in [-0.15, -0.1) is 0 Å². The number of amides is 1. The summed E-state index contributed by atoms with van der Waals surface area (Å²) in [4.78, 5) is 35.0. The first-order chi connectivity index (χ1) is 15.2. The molecule has 172 valence electrons. The molecule has 1 amide bonds. The van der Waals surface area contributed by atoms with Crippen LogP contribution in [-0.4, -0.2) is 47.3 Å². The summed E-state index contributed by atoms with van der Waals surface area (Å²) < 4.78 is 10.4. The van der Waals surface area contributed by atoms with Crippen LogP contribution in [0.3, 0.4) is 0 Å². The molecule has 0 atom stereocenters. The van der Waals surface area contributed by atoms with Crippen molar-refractivity contribution in [1.82, 2.24) is 15.3 Å². The topological polar surface area (TPSA) is 93.7 Å². The molecule has 2 heterocycles. The highest BCUT2D eigenvalue weighted by Gasteiger charge is 2.27. The number of aromatic nitrogens is 2. The third-order valence-corrected chi connectivity index (χ3v) is 5.13. The van der Waals surface area contributed by atoms with Gasteiger partial charge in [0, 0.05) is 37.6 Å². The lowest BCUT2D eigenvalue weighted by Crippen LogP contribution is -2.37. The largest absolute Gasteiger partial charge is 0.466 e. The third kappa shape index (κ3) is 6.67. The molecule has 0 saturated carbocycles. The van der Waals surface area contributed by atoms with Gasteiger partial charge in [-0.25, -0.2) is 14.8 Å². The van der Waals surface area contributed by atoms with Crippen molar-refractivity contribution in [3.63, 3.8) is 0 Å². The monoisotopic (exact) mass is 440 g/mol. The van der Waals surface area contributed by atoms with Gasteiger partial charge in [0.05, 0.1) is 12.5 Å². The molecule has 2 aromatic rings. The van der Waals surface area contributed by atoms with Crippen LogP contribution >= 0.6 is 0 Å². The minimum atomic E-state index is -0.529. The van der Waals surface area contributed by atoms with Gasteiger partial charge in [-0.3, -0.25) is 4.79 Å². The van der Waals surface area contributed by atoms with Crippen molar-refractivity contribution in [2.75, 3.05) is 24.6 Å². The Bertz CT molecular complexity index is 916. The number of hydrogen-bond acceptors (Lipinski definition) is 7. The van der Waals surface area contributed by atoms with E-state index in [2.05, 4.69) is 20.2 Å². The molecule has 1 fully saturated rings. The predicted octanol–water partition coefficient (Wildman–Crippen LogP) is 3.95. The maximum absolute atomic E-state index is 11.9. The highest BCUT2D eigenvalue weighted by molar-refractivity contribution is 5.73. The van der Waals surface area contributed by atoms with Gasteiger partial charge in [0.15, 0.2) is 0 Å². The zero-order chi connectivity index (χ0) is 23.1. The zero-order valence-electron chi connectivity index (χ0n) is 19.3. The molecule has 0 aliphatic carbocycles. The zero-order valence-corrected chi connectivity index (χ0v) is 19.3. The van der Waals surface area contributed by atoms with Gasteiger partial charge in [-0.2, -0.15) is 0 Å². The lowest BCUT2D eigenvalue weighted by atomic mass is 9.97. The molecule has 0 unspecified atom stereocenters. The fraction of sp³-hybridized carbons (Fsp3) is 0.500. The minimum absolute atomic E-state index is 0.0393. The molecule has 0 radical (unpaired) electrons. The van der Waals surface area contributed by atoms with Crippen LogP contribution in [0.4, 0.5) is 10.7 Å². The van der Waals surface area contributed by atoms with Gasteiger partial charge in [-0.1, -0.05) is 18.2 Å². The van der Waals surface area contributed by atoms with Crippen LogP contribution in [0.25, 0.3) is 11.1 Å². The number of rotatable bonds is 6. The van der Waals surface area contributed by atoms with Gasteiger partial charge in [0.1, 0.15) is 5.60 Å². The van der Waals surface area contributed by atoms with Crippen LogP contribution in [0, 0.1) is 5.92 Å². The van der Waals surface area contributed by atoms with E-state index in [1.54, 1.807) is 12.4 Å². The van der Waals surface area contributed by atoms with Crippen LogP contribution in [0.2, 0.25) is 0 Å². The lowest BCUT2D eigenvalue weighted by Gasteiger charge is -2.30. The van der Waals surface area contributed by atoms with Gasteiger partial charge >= 0.3 is 12.1 Å². The van der Waals surface area contributed by atoms with Crippen molar-refractivity contribution in [3.8, 4) is 11.1 Å². The number of anilines is 1. The third-order valence-electron chi connectivity index (χ3n) is 5.13. The molecule has 1 N–H and O–H groups in total.